The van der Waals surface area contributed by atoms with Gasteiger partial charge in [-0.05, 0) is 88.0 Å². The number of likely N-dealkylation sites (tertiary alicyclic amines) is 1. The van der Waals surface area contributed by atoms with Crippen LogP contribution in [0.25, 0.3) is 0 Å². The van der Waals surface area contributed by atoms with E-state index in [1.165, 1.54) is 61.9 Å². The number of nitrogens with one attached hydrogen (secondary N) is 1. The molecule has 0 saturated carbocycles. The van der Waals surface area contributed by atoms with Gasteiger partial charge in [-0.15, -0.1) is 0 Å². The molecule has 2 aliphatic rings. The number of hydrogen-bond acceptors (Lipinski definition) is 3. The quantitative estimate of drug-likeness (QED) is 0.882. The van der Waals surface area contributed by atoms with Crippen molar-refractivity contribution in [2.75, 3.05) is 33.3 Å². The number of methoxy groups -OCH3 is 1. The van der Waals surface area contributed by atoms with Gasteiger partial charge in [0.05, 0.1) is 7.11 Å². The van der Waals surface area contributed by atoms with Crippen LogP contribution >= 0.6 is 15.9 Å². The second-order valence-corrected chi connectivity index (χ2v) is 7.48. The van der Waals surface area contributed by atoms with Gasteiger partial charge in [-0.25, -0.2) is 0 Å². The van der Waals surface area contributed by atoms with Crippen LogP contribution in [0.2, 0.25) is 0 Å². The lowest BCUT2D eigenvalue weighted by atomic mass is 9.88. The zero-order chi connectivity index (χ0) is 15.4. The van der Waals surface area contributed by atoms with Gasteiger partial charge in [-0.3, -0.25) is 0 Å². The molecule has 0 unspecified atom stereocenters. The number of rotatable bonds is 4. The highest BCUT2D eigenvalue weighted by atomic mass is 79.9. The van der Waals surface area contributed by atoms with Gasteiger partial charge in [-0.1, -0.05) is 15.9 Å². The Kier molecular flexibility index (Phi) is 5.77. The van der Waals surface area contributed by atoms with Gasteiger partial charge in [0, 0.05) is 10.5 Å². The fourth-order valence-corrected chi connectivity index (χ4v) is 4.25. The van der Waals surface area contributed by atoms with E-state index in [4.69, 9.17) is 4.74 Å². The molecule has 122 valence electrons. The van der Waals surface area contributed by atoms with E-state index in [1.807, 2.05) is 6.07 Å². The highest BCUT2D eigenvalue weighted by Gasteiger charge is 2.26. The second-order valence-electron chi connectivity index (χ2n) is 6.62. The molecule has 1 aromatic carbocycles. The van der Waals surface area contributed by atoms with E-state index in [9.17, 15) is 0 Å². The number of halogens is 1. The zero-order valence-electron chi connectivity index (χ0n) is 13.5. The summed E-state index contributed by atoms with van der Waals surface area (Å²) in [5, 5.41) is 3.47. The van der Waals surface area contributed by atoms with E-state index in [0.29, 0.717) is 0 Å². The molecule has 2 fully saturated rings. The molecular formula is C18H27BrN2O. The largest absolute Gasteiger partial charge is 0.497 e. The predicted molar refractivity (Wildman–Crippen MR) is 94.6 cm³/mol. The SMILES string of the molecule is COc1ccc(Br)c(CC2CCN(C3CCNCC3)CC2)c1. The third kappa shape index (κ3) is 4.03. The minimum absolute atomic E-state index is 0.807. The number of ether oxygens (including phenoxy) is 1. The Balaban J connectivity index is 1.53. The molecule has 2 heterocycles. The third-order valence-corrected chi connectivity index (χ3v) is 6.01. The fourth-order valence-electron chi connectivity index (χ4n) is 3.84. The van der Waals surface area contributed by atoms with Crippen LogP contribution in [-0.2, 0) is 6.42 Å². The highest BCUT2D eigenvalue weighted by Crippen LogP contribution is 2.29. The molecule has 0 aromatic heterocycles. The molecule has 0 bridgehead atoms. The molecule has 2 saturated heterocycles. The van der Waals surface area contributed by atoms with Crippen molar-refractivity contribution in [3.8, 4) is 5.75 Å². The van der Waals surface area contributed by atoms with Crippen LogP contribution in [0.4, 0.5) is 0 Å². The lowest BCUT2D eigenvalue weighted by Crippen LogP contribution is -2.46. The van der Waals surface area contributed by atoms with Crippen molar-refractivity contribution in [2.24, 2.45) is 5.92 Å². The molecule has 2 aliphatic heterocycles. The number of nitrogens with zero attached hydrogens (tertiary/aromatic N) is 1. The standard InChI is InChI=1S/C18H27BrN2O/c1-22-17-2-3-18(19)15(13-17)12-14-6-10-21(11-7-14)16-4-8-20-9-5-16/h2-3,13-14,16,20H,4-12H2,1H3. The molecule has 3 nitrogen and oxygen atoms in total. The van der Waals surface area contributed by atoms with Crippen molar-refractivity contribution >= 4 is 15.9 Å². The molecule has 1 N–H and O–H groups in total. The van der Waals surface area contributed by atoms with Gasteiger partial charge >= 0.3 is 0 Å². The van der Waals surface area contributed by atoms with Crippen LogP contribution in [0.15, 0.2) is 22.7 Å². The molecule has 0 radical (unpaired) electrons. The van der Waals surface area contributed by atoms with Gasteiger partial charge in [-0.2, -0.15) is 0 Å². The molecule has 0 amide bonds. The topological polar surface area (TPSA) is 24.5 Å². The van der Waals surface area contributed by atoms with E-state index in [-0.39, 0.29) is 0 Å². The maximum atomic E-state index is 5.36. The number of piperidine rings is 2. The number of hydrogen-bond donors (Lipinski definition) is 1. The molecule has 0 spiro atoms. The van der Waals surface area contributed by atoms with Crippen LogP contribution in [-0.4, -0.2) is 44.2 Å². The normalized spacial score (nSPS) is 21.9. The lowest BCUT2D eigenvalue weighted by molar-refractivity contribution is 0.111. The Hall–Kier alpha value is -0.580. The summed E-state index contributed by atoms with van der Waals surface area (Å²) in [5.74, 6) is 1.77. The van der Waals surface area contributed by atoms with E-state index >= 15 is 0 Å². The summed E-state index contributed by atoms with van der Waals surface area (Å²) in [6.45, 7) is 4.94. The zero-order valence-corrected chi connectivity index (χ0v) is 15.1. The molecule has 0 aliphatic carbocycles. The lowest BCUT2D eigenvalue weighted by Gasteiger charge is -2.39. The van der Waals surface area contributed by atoms with Crippen molar-refractivity contribution in [2.45, 2.75) is 38.1 Å². The maximum Gasteiger partial charge on any atom is 0.119 e. The summed E-state index contributed by atoms with van der Waals surface area (Å²) in [4.78, 5) is 2.73. The Morgan fingerprint density at radius 1 is 1.18 bits per heavy atom. The van der Waals surface area contributed by atoms with Crippen molar-refractivity contribution in [3.63, 3.8) is 0 Å². The summed E-state index contributed by atoms with van der Waals surface area (Å²) in [5.41, 5.74) is 1.39. The predicted octanol–water partition coefficient (Wildman–Crippen LogP) is 3.46. The Morgan fingerprint density at radius 2 is 1.91 bits per heavy atom. The van der Waals surface area contributed by atoms with Crippen molar-refractivity contribution < 1.29 is 4.74 Å². The first-order chi connectivity index (χ1) is 10.8. The van der Waals surface area contributed by atoms with Gasteiger partial charge in [0.15, 0.2) is 0 Å². The van der Waals surface area contributed by atoms with Gasteiger partial charge in [0.25, 0.3) is 0 Å². The summed E-state index contributed by atoms with van der Waals surface area (Å²) in [6.07, 6.45) is 6.47. The number of benzene rings is 1. The molecule has 22 heavy (non-hydrogen) atoms. The minimum Gasteiger partial charge on any atom is -0.497 e. The smallest absolute Gasteiger partial charge is 0.119 e. The molecular weight excluding hydrogens is 340 g/mol. The van der Waals surface area contributed by atoms with Crippen LogP contribution in [0, 0.1) is 5.92 Å². The van der Waals surface area contributed by atoms with Crippen molar-refractivity contribution in [1.29, 1.82) is 0 Å². The van der Waals surface area contributed by atoms with Crippen molar-refractivity contribution in [3.05, 3.63) is 28.2 Å². The summed E-state index contributed by atoms with van der Waals surface area (Å²) >= 11 is 3.69. The van der Waals surface area contributed by atoms with Gasteiger partial charge in [0.2, 0.25) is 0 Å². The van der Waals surface area contributed by atoms with Crippen LogP contribution in [0.1, 0.15) is 31.2 Å². The average Bonchev–Trinajstić information content (AvgIpc) is 2.58. The molecule has 3 rings (SSSR count). The van der Waals surface area contributed by atoms with E-state index < -0.39 is 0 Å². The first-order valence-corrected chi connectivity index (χ1v) is 9.32. The Bertz CT molecular complexity index is 480. The van der Waals surface area contributed by atoms with E-state index in [2.05, 4.69) is 38.3 Å². The van der Waals surface area contributed by atoms with E-state index in [0.717, 1.165) is 24.1 Å². The fraction of sp³-hybridized carbons (Fsp3) is 0.667. The van der Waals surface area contributed by atoms with Gasteiger partial charge < -0.3 is 15.0 Å². The molecule has 1 aromatic rings. The maximum absolute atomic E-state index is 5.36. The second kappa shape index (κ2) is 7.80. The van der Waals surface area contributed by atoms with E-state index in [1.54, 1.807) is 7.11 Å². The Morgan fingerprint density at radius 3 is 2.59 bits per heavy atom. The van der Waals surface area contributed by atoms with Crippen molar-refractivity contribution in [1.82, 2.24) is 10.2 Å². The van der Waals surface area contributed by atoms with Crippen LogP contribution in [0.5, 0.6) is 5.75 Å². The summed E-state index contributed by atoms with van der Waals surface area (Å²) < 4.78 is 6.58. The minimum atomic E-state index is 0.807. The first-order valence-electron chi connectivity index (χ1n) is 8.53. The van der Waals surface area contributed by atoms with Crippen LogP contribution < -0.4 is 10.1 Å². The summed E-state index contributed by atoms with van der Waals surface area (Å²) in [7, 11) is 1.74. The molecule has 0 atom stereocenters. The first kappa shape index (κ1) is 16.3. The molecule has 4 heteroatoms. The van der Waals surface area contributed by atoms with Crippen LogP contribution in [0.3, 0.4) is 0 Å². The highest BCUT2D eigenvalue weighted by molar-refractivity contribution is 9.10. The third-order valence-electron chi connectivity index (χ3n) is 5.24. The average molecular weight is 367 g/mol. The van der Waals surface area contributed by atoms with Gasteiger partial charge in [0.1, 0.15) is 5.75 Å². The summed E-state index contributed by atoms with van der Waals surface area (Å²) in [6, 6.07) is 7.14. The monoisotopic (exact) mass is 366 g/mol. The Labute approximate surface area is 142 Å².